The largest absolute Gasteiger partial charge is 0.480 e. The van der Waals surface area contributed by atoms with Crippen molar-refractivity contribution in [3.05, 3.63) is 72.0 Å². The number of aliphatic carboxylic acids is 1. The first-order valence-corrected chi connectivity index (χ1v) is 15.6. The van der Waals surface area contributed by atoms with Crippen molar-refractivity contribution in [1.82, 2.24) is 15.1 Å². The van der Waals surface area contributed by atoms with Crippen LogP contribution in [-0.4, -0.2) is 71.3 Å². The Morgan fingerprint density at radius 3 is 2.24 bits per heavy atom. The van der Waals surface area contributed by atoms with Gasteiger partial charge in [0.05, 0.1) is 0 Å². The number of ether oxygens (including phenoxy) is 1. The molecule has 2 N–H and O–H groups in total. The number of carbonyl (C=O) groups is 2. The van der Waals surface area contributed by atoms with Gasteiger partial charge in [0, 0.05) is 43.8 Å². The van der Waals surface area contributed by atoms with Gasteiger partial charge in [-0.2, -0.15) is 0 Å². The molecule has 4 rings (SSSR count). The molecule has 2 aromatic carbocycles. The molecule has 0 spiro atoms. The smallest absolute Gasteiger partial charge is 0.410 e. The van der Waals surface area contributed by atoms with Gasteiger partial charge in [0.1, 0.15) is 18.5 Å². The predicted molar refractivity (Wildman–Crippen MR) is 165 cm³/mol. The number of nitrogens with one attached hydrogen (secondary N) is 1. The maximum absolute atomic E-state index is 13.9. The Balaban J connectivity index is 0.000000715. The van der Waals surface area contributed by atoms with E-state index in [0.717, 1.165) is 58.2 Å². The molecule has 42 heavy (non-hydrogen) atoms. The van der Waals surface area contributed by atoms with Crippen LogP contribution in [0.2, 0.25) is 0 Å². The fourth-order valence-electron chi connectivity index (χ4n) is 6.05. The second-order valence-corrected chi connectivity index (χ2v) is 12.1. The van der Waals surface area contributed by atoms with E-state index in [1.807, 2.05) is 48.2 Å². The van der Waals surface area contributed by atoms with Gasteiger partial charge in [-0.1, -0.05) is 75.4 Å². The van der Waals surface area contributed by atoms with Crippen LogP contribution in [0.3, 0.4) is 0 Å². The third kappa shape index (κ3) is 11.4. The number of hydrogen-bond donors (Lipinski definition) is 2. The molecule has 2 aromatic rings. The summed E-state index contributed by atoms with van der Waals surface area (Å²) in [7, 11) is 0. The summed E-state index contributed by atoms with van der Waals surface area (Å²) in [6.07, 6.45) is 6.11. The third-order valence-corrected chi connectivity index (χ3v) is 8.17. The van der Waals surface area contributed by atoms with Gasteiger partial charge in [-0.25, -0.2) is 9.18 Å². The maximum atomic E-state index is 13.9. The van der Waals surface area contributed by atoms with E-state index in [9.17, 15) is 19.1 Å². The number of rotatable bonds is 12. The van der Waals surface area contributed by atoms with E-state index in [-0.39, 0.29) is 30.6 Å². The molecule has 1 saturated carbocycles. The standard InChI is InChI=1S/C28H44FN3O4.C6H6/c1-4-13-32(28(35)36-19-22-7-5-6-8-25(22)29)24-11-14-31(15-12-24)18-21-9-10-23(17-21)30-26(27(33)34)16-20(2)3;1-2-4-6-5-3-1/h5-8,20-21,23-24,26,30H,4,9-19H2,1-3H3,(H,33,34);1-6H/t21-,23?,26?;/m1./s1. The summed E-state index contributed by atoms with van der Waals surface area (Å²) < 4.78 is 19.4. The highest BCUT2D eigenvalue weighted by Gasteiger charge is 2.33. The lowest BCUT2D eigenvalue weighted by Crippen LogP contribution is -2.48. The minimum absolute atomic E-state index is 0.0542. The van der Waals surface area contributed by atoms with Crippen LogP contribution < -0.4 is 5.32 Å². The van der Waals surface area contributed by atoms with E-state index >= 15 is 0 Å². The van der Waals surface area contributed by atoms with Crippen LogP contribution in [0.4, 0.5) is 9.18 Å². The van der Waals surface area contributed by atoms with Gasteiger partial charge in [0.25, 0.3) is 0 Å². The zero-order valence-corrected chi connectivity index (χ0v) is 25.6. The lowest BCUT2D eigenvalue weighted by molar-refractivity contribution is -0.140. The van der Waals surface area contributed by atoms with Gasteiger partial charge in [-0.3, -0.25) is 4.79 Å². The number of benzene rings is 2. The maximum Gasteiger partial charge on any atom is 0.410 e. The molecule has 0 aromatic heterocycles. The number of carbonyl (C=O) groups excluding carboxylic acids is 1. The van der Waals surface area contributed by atoms with Crippen molar-refractivity contribution >= 4 is 12.1 Å². The van der Waals surface area contributed by atoms with Crippen LogP contribution >= 0.6 is 0 Å². The van der Waals surface area contributed by atoms with Crippen LogP contribution in [-0.2, 0) is 16.1 Å². The minimum Gasteiger partial charge on any atom is -0.480 e. The van der Waals surface area contributed by atoms with E-state index in [0.29, 0.717) is 30.4 Å². The van der Waals surface area contributed by atoms with Gasteiger partial charge >= 0.3 is 12.1 Å². The molecule has 1 saturated heterocycles. The Hall–Kier alpha value is -2.97. The van der Waals surface area contributed by atoms with E-state index in [2.05, 4.69) is 24.1 Å². The molecule has 8 heteroatoms. The molecule has 7 nitrogen and oxygen atoms in total. The number of piperidine rings is 1. The average Bonchev–Trinajstić information content (AvgIpc) is 3.43. The van der Waals surface area contributed by atoms with Crippen molar-refractivity contribution in [3.8, 4) is 0 Å². The molecule has 2 aliphatic rings. The topological polar surface area (TPSA) is 82.1 Å². The first-order valence-electron chi connectivity index (χ1n) is 15.6. The molecule has 0 bridgehead atoms. The summed E-state index contributed by atoms with van der Waals surface area (Å²) in [5, 5.41) is 12.9. The molecule has 1 aliphatic carbocycles. The molecular formula is C34H50FN3O4. The van der Waals surface area contributed by atoms with Crippen LogP contribution in [0.15, 0.2) is 60.7 Å². The zero-order chi connectivity index (χ0) is 30.3. The van der Waals surface area contributed by atoms with Crippen molar-refractivity contribution in [2.45, 2.75) is 90.4 Å². The zero-order valence-electron chi connectivity index (χ0n) is 25.6. The third-order valence-electron chi connectivity index (χ3n) is 8.17. The van der Waals surface area contributed by atoms with Crippen molar-refractivity contribution in [1.29, 1.82) is 0 Å². The van der Waals surface area contributed by atoms with Crippen LogP contribution in [0.1, 0.15) is 71.3 Å². The summed E-state index contributed by atoms with van der Waals surface area (Å²) in [5.41, 5.74) is 0.389. The number of carboxylic acid groups (broad SMARTS) is 1. The van der Waals surface area contributed by atoms with E-state index in [4.69, 9.17) is 4.74 Å². The predicted octanol–water partition coefficient (Wildman–Crippen LogP) is 6.58. The molecule has 1 amide bonds. The number of nitrogens with zero attached hydrogens (tertiary/aromatic N) is 2. The molecular weight excluding hydrogens is 533 g/mol. The van der Waals surface area contributed by atoms with Gasteiger partial charge in [-0.05, 0) is 62.8 Å². The van der Waals surface area contributed by atoms with E-state index < -0.39 is 12.0 Å². The van der Waals surface area contributed by atoms with Crippen LogP contribution in [0, 0.1) is 17.7 Å². The lowest BCUT2D eigenvalue weighted by Gasteiger charge is -2.38. The highest BCUT2D eigenvalue weighted by atomic mass is 19.1. The van der Waals surface area contributed by atoms with Crippen molar-refractivity contribution in [3.63, 3.8) is 0 Å². The Kier molecular flexibility index (Phi) is 14.3. The summed E-state index contributed by atoms with van der Waals surface area (Å²) in [6.45, 7) is 9.65. The average molecular weight is 584 g/mol. The number of carboxylic acids is 1. The first-order chi connectivity index (χ1) is 20.3. The van der Waals surface area contributed by atoms with Crippen molar-refractivity contribution in [2.24, 2.45) is 11.8 Å². The van der Waals surface area contributed by atoms with Crippen LogP contribution in [0.5, 0.6) is 0 Å². The molecule has 0 radical (unpaired) electrons. The Labute approximate surface area is 251 Å². The van der Waals surface area contributed by atoms with Gasteiger partial charge < -0.3 is 25.0 Å². The summed E-state index contributed by atoms with van der Waals surface area (Å²) in [4.78, 5) is 28.8. The highest BCUT2D eigenvalue weighted by Crippen LogP contribution is 2.29. The Bertz CT molecular complexity index is 1040. The van der Waals surface area contributed by atoms with Gasteiger partial charge in [-0.15, -0.1) is 0 Å². The first kappa shape index (κ1) is 33.5. The van der Waals surface area contributed by atoms with Crippen molar-refractivity contribution < 1.29 is 23.8 Å². The fourth-order valence-corrected chi connectivity index (χ4v) is 6.05. The molecule has 3 atom stereocenters. The second-order valence-electron chi connectivity index (χ2n) is 12.1. The lowest BCUT2D eigenvalue weighted by atomic mass is 10.00. The van der Waals surface area contributed by atoms with E-state index in [1.165, 1.54) is 6.07 Å². The Morgan fingerprint density at radius 2 is 1.67 bits per heavy atom. The fraction of sp³-hybridized carbons (Fsp3) is 0.588. The number of likely N-dealkylation sites (tertiary alicyclic amines) is 1. The number of halogens is 1. The number of amides is 1. The molecule has 2 fully saturated rings. The molecule has 1 heterocycles. The molecule has 232 valence electrons. The van der Waals surface area contributed by atoms with Gasteiger partial charge in [0.2, 0.25) is 0 Å². The Morgan fingerprint density at radius 1 is 1.02 bits per heavy atom. The summed E-state index contributed by atoms with van der Waals surface area (Å²) >= 11 is 0. The summed E-state index contributed by atoms with van der Waals surface area (Å²) in [5.74, 6) is -0.187. The minimum atomic E-state index is -0.752. The SMILES string of the molecule is CCCN(C(=O)OCc1ccccc1F)C1CCN(C[C@@H]2CCC(NC(CC(C)C)C(=O)O)C2)CC1.c1ccccc1. The molecule has 1 aliphatic heterocycles. The second kappa shape index (κ2) is 17.9. The van der Waals surface area contributed by atoms with Crippen molar-refractivity contribution in [2.75, 3.05) is 26.2 Å². The van der Waals surface area contributed by atoms with E-state index in [1.54, 1.807) is 18.2 Å². The highest BCUT2D eigenvalue weighted by molar-refractivity contribution is 5.73. The quantitative estimate of drug-likeness (QED) is 0.294. The number of hydrogen-bond acceptors (Lipinski definition) is 5. The molecule has 2 unspecified atom stereocenters. The monoisotopic (exact) mass is 583 g/mol. The summed E-state index contributed by atoms with van der Waals surface area (Å²) in [6, 6.07) is 18.3. The van der Waals surface area contributed by atoms with Crippen LogP contribution in [0.25, 0.3) is 0 Å². The normalized spacial score (nSPS) is 20.0. The van der Waals surface area contributed by atoms with Gasteiger partial charge in [0.15, 0.2) is 0 Å².